The van der Waals surface area contributed by atoms with Gasteiger partial charge in [0.05, 0.1) is 12.1 Å². The Morgan fingerprint density at radius 2 is 2.56 bits per heavy atom. The molecule has 1 aliphatic heterocycles. The third-order valence-corrected chi connectivity index (χ3v) is 1.78. The smallest absolute Gasteiger partial charge is 0.320 e. The number of hydrogen-bond donors (Lipinski definition) is 0. The molecule has 2 radical (unpaired) electrons. The van der Waals surface area contributed by atoms with E-state index in [1.807, 2.05) is 0 Å². The van der Waals surface area contributed by atoms with Gasteiger partial charge in [-0.05, 0) is 0 Å². The van der Waals surface area contributed by atoms with Crippen molar-refractivity contribution in [1.82, 2.24) is 0 Å². The van der Waals surface area contributed by atoms with Gasteiger partial charge >= 0.3 is 11.9 Å². The van der Waals surface area contributed by atoms with Crippen LogP contribution in [-0.4, -0.2) is 26.4 Å². The Balaban J connectivity index is 2.63. The lowest BCUT2D eigenvalue weighted by Gasteiger charge is -1.94. The first kappa shape index (κ1) is 5.42. The molecule has 0 aromatic carbocycles. The van der Waals surface area contributed by atoms with Crippen LogP contribution < -0.4 is 0 Å². The summed E-state index contributed by atoms with van der Waals surface area (Å²) < 4.78 is 11.2. The summed E-state index contributed by atoms with van der Waals surface area (Å²) in [6.45, 7) is 0. The highest BCUT2D eigenvalue weighted by atomic mass is 31.1. The molecule has 46 valence electrons. The van der Waals surface area contributed by atoms with E-state index in [1.165, 1.54) is 0 Å². The number of esters is 2. The van der Waals surface area contributed by atoms with Crippen LogP contribution in [0.5, 0.6) is 0 Å². The highest BCUT2D eigenvalue weighted by Crippen LogP contribution is 2.23. The number of rotatable bonds is 1. The van der Waals surface area contributed by atoms with Crippen molar-refractivity contribution >= 4 is 27.9 Å². The van der Waals surface area contributed by atoms with E-state index in [2.05, 4.69) is 4.74 Å². The first-order valence-electron chi connectivity index (χ1n) is 2.83. The molecule has 5 heteroatoms. The lowest BCUT2D eigenvalue weighted by atomic mass is 10.3. The molecular formula is C4H4BO3P. The molecule has 0 amide bonds. The Labute approximate surface area is 56.6 Å². The zero-order valence-electron chi connectivity index (χ0n) is 5.53. The number of carbonyl (C=O) groups is 2. The van der Waals surface area contributed by atoms with E-state index in [-0.39, 0.29) is 6.42 Å². The fourth-order valence-electron chi connectivity index (χ4n) is 0.577. The minimum Gasteiger partial charge on any atom is -0.393 e. The fourth-order valence-corrected chi connectivity index (χ4v) is 1.01. The topological polar surface area (TPSA) is 43.4 Å². The van der Waals surface area contributed by atoms with Gasteiger partial charge in [0, 0.05) is 1.28 Å². The van der Waals surface area contributed by atoms with E-state index in [0.29, 0.717) is 0 Å². The van der Waals surface area contributed by atoms with Crippen molar-refractivity contribution < 1.29 is 14.3 Å². The SMILES string of the molecule is [2H]P([B])C1CC(=O)OC1=O. The van der Waals surface area contributed by atoms with E-state index in [4.69, 9.17) is 8.84 Å². The third kappa shape index (κ3) is 1.30. The lowest BCUT2D eigenvalue weighted by Crippen LogP contribution is -2.06. The summed E-state index contributed by atoms with van der Waals surface area (Å²) in [5.74, 6) is -1.21. The van der Waals surface area contributed by atoms with Gasteiger partial charge in [0.2, 0.25) is 0 Å². The average Bonchev–Trinajstić information content (AvgIpc) is 2.10. The van der Waals surface area contributed by atoms with Gasteiger partial charge in [0.15, 0.2) is 0 Å². The van der Waals surface area contributed by atoms with Gasteiger partial charge in [0.1, 0.15) is 7.57 Å². The normalized spacial score (nSPS) is 31.6. The van der Waals surface area contributed by atoms with Gasteiger partial charge in [-0.15, -0.1) is 0 Å². The standard InChI is InChI=1S/C4H4BO3P/c5-9-2-1-3(6)8-4(2)7/h2,9H,1H2/i9D. The van der Waals surface area contributed by atoms with Crippen molar-refractivity contribution in [2.75, 3.05) is 0 Å². The molecule has 0 N–H and O–H groups in total. The maximum atomic E-state index is 10.6. The van der Waals surface area contributed by atoms with E-state index < -0.39 is 26.0 Å². The van der Waals surface area contributed by atoms with Crippen LogP contribution in [0, 0.1) is 0 Å². The molecule has 1 heterocycles. The molecule has 0 aromatic heterocycles. The van der Waals surface area contributed by atoms with Crippen LogP contribution in [0.25, 0.3) is 0 Å². The van der Waals surface area contributed by atoms with Crippen LogP contribution in [0.3, 0.4) is 0 Å². The van der Waals surface area contributed by atoms with Gasteiger partial charge in [-0.3, -0.25) is 9.59 Å². The second-order valence-electron chi connectivity index (χ2n) is 1.66. The molecule has 1 saturated heterocycles. The summed E-state index contributed by atoms with van der Waals surface area (Å²) >= 11 is 0. The van der Waals surface area contributed by atoms with Crippen LogP contribution in [0.15, 0.2) is 0 Å². The molecule has 2 unspecified atom stereocenters. The Hall–Kier alpha value is -0.365. The first-order chi connectivity index (χ1) is 4.61. The Kier molecular flexibility index (Phi) is 1.50. The van der Waals surface area contributed by atoms with E-state index >= 15 is 0 Å². The first-order valence-corrected chi connectivity index (χ1v) is 3.42. The summed E-state index contributed by atoms with van der Waals surface area (Å²) in [4.78, 5) is 21.0. The molecule has 1 fully saturated rings. The van der Waals surface area contributed by atoms with Crippen molar-refractivity contribution in [3.8, 4) is 0 Å². The summed E-state index contributed by atoms with van der Waals surface area (Å²) in [5, 5.41) is 0. The highest BCUT2D eigenvalue weighted by Gasteiger charge is 2.31. The minimum atomic E-state index is -1.61. The summed E-state index contributed by atoms with van der Waals surface area (Å²) in [5.41, 5.74) is -0.692. The fraction of sp³-hybridized carbons (Fsp3) is 0.500. The maximum Gasteiger partial charge on any atom is 0.320 e. The van der Waals surface area contributed by atoms with Gasteiger partial charge in [-0.1, -0.05) is 0 Å². The molecule has 9 heavy (non-hydrogen) atoms. The van der Waals surface area contributed by atoms with Gasteiger partial charge in [-0.2, -0.15) is 8.40 Å². The van der Waals surface area contributed by atoms with Crippen molar-refractivity contribution in [2.24, 2.45) is 0 Å². The number of ether oxygens (including phenoxy) is 1. The van der Waals surface area contributed by atoms with E-state index in [1.54, 1.807) is 0 Å². The van der Waals surface area contributed by atoms with Crippen molar-refractivity contribution in [3.05, 3.63) is 0 Å². The van der Waals surface area contributed by atoms with Crippen LogP contribution in [0.1, 0.15) is 6.42 Å². The second kappa shape index (κ2) is 2.48. The molecule has 2 atom stereocenters. The summed E-state index contributed by atoms with van der Waals surface area (Å²) in [6, 6.07) is 0. The van der Waals surface area contributed by atoms with Gasteiger partial charge in [-0.25, -0.2) is 0 Å². The Bertz CT molecular complexity index is 183. The van der Waals surface area contributed by atoms with Crippen LogP contribution >= 0.6 is 8.40 Å². The Morgan fingerprint density at radius 3 is 2.78 bits per heavy atom. The van der Waals surface area contributed by atoms with Crippen LogP contribution in [0.4, 0.5) is 0 Å². The highest BCUT2D eigenvalue weighted by molar-refractivity contribution is 7.67. The second-order valence-corrected chi connectivity index (χ2v) is 2.58. The van der Waals surface area contributed by atoms with Crippen molar-refractivity contribution in [3.63, 3.8) is 0 Å². The molecule has 1 aliphatic rings. The number of cyclic esters (lactones) is 2. The molecule has 0 aromatic rings. The van der Waals surface area contributed by atoms with Crippen LogP contribution in [0.2, 0.25) is 0 Å². The average molecular weight is 143 g/mol. The molecule has 1 rings (SSSR count). The van der Waals surface area contributed by atoms with Crippen LogP contribution in [-0.2, 0) is 14.3 Å². The molecule has 0 spiro atoms. The largest absolute Gasteiger partial charge is 0.393 e. The monoisotopic (exact) mass is 143 g/mol. The predicted octanol–water partition coefficient (Wildman–Crippen LogP) is -0.410. The predicted molar refractivity (Wildman–Crippen MR) is 33.6 cm³/mol. The summed E-state index contributed by atoms with van der Waals surface area (Å²) in [6.07, 6.45) is -0.0233. The van der Waals surface area contributed by atoms with Crippen molar-refractivity contribution in [2.45, 2.75) is 12.1 Å². The molecule has 3 nitrogen and oxygen atoms in total. The number of carbonyl (C=O) groups excluding carboxylic acids is 2. The van der Waals surface area contributed by atoms with E-state index in [9.17, 15) is 9.59 Å². The van der Waals surface area contributed by atoms with Gasteiger partial charge < -0.3 is 4.74 Å². The quantitative estimate of drug-likeness (QED) is 0.217. The zero-order valence-corrected chi connectivity index (χ0v) is 5.43. The van der Waals surface area contributed by atoms with Crippen molar-refractivity contribution in [1.29, 1.82) is 1.28 Å². The maximum absolute atomic E-state index is 10.6. The molecular weight excluding hydrogens is 138 g/mol. The minimum absolute atomic E-state index is 0.0233. The zero-order chi connectivity index (χ0) is 7.72. The lowest BCUT2D eigenvalue weighted by molar-refractivity contribution is -0.151. The number of hydrogen-bond acceptors (Lipinski definition) is 3. The molecule has 0 bridgehead atoms. The van der Waals surface area contributed by atoms with Gasteiger partial charge in [0.25, 0.3) is 0 Å². The van der Waals surface area contributed by atoms with E-state index in [0.717, 1.165) is 0 Å². The molecule has 0 saturated carbocycles. The molecule has 0 aliphatic carbocycles. The third-order valence-electron chi connectivity index (χ3n) is 1.03. The summed E-state index contributed by atoms with van der Waals surface area (Å²) in [7, 11) is 3.52. The Morgan fingerprint density at radius 1 is 1.89 bits per heavy atom.